The van der Waals surface area contributed by atoms with Gasteiger partial charge in [-0.15, -0.1) is 6.42 Å². The molecule has 1 aromatic rings. The van der Waals surface area contributed by atoms with Crippen LogP contribution in [0.15, 0.2) is 29.8 Å². The molecule has 1 fully saturated rings. The van der Waals surface area contributed by atoms with E-state index in [9.17, 15) is 4.79 Å². The average Bonchev–Trinajstić information content (AvgIpc) is 2.90. The summed E-state index contributed by atoms with van der Waals surface area (Å²) in [6.07, 6.45) is 13.9. The quantitative estimate of drug-likeness (QED) is 0.428. The molecule has 3 aliphatic carbocycles. The van der Waals surface area contributed by atoms with Crippen LogP contribution in [0.2, 0.25) is 0 Å². The van der Waals surface area contributed by atoms with Crippen molar-refractivity contribution in [2.24, 2.45) is 17.3 Å². The molecule has 4 unspecified atom stereocenters. The van der Waals surface area contributed by atoms with Crippen LogP contribution in [0.1, 0.15) is 56.6 Å². The number of carbonyl (C=O) groups is 1. The summed E-state index contributed by atoms with van der Waals surface area (Å²) in [7, 11) is 0. The first-order chi connectivity index (χ1) is 11.5. The van der Waals surface area contributed by atoms with Crippen molar-refractivity contribution in [1.29, 1.82) is 0 Å². The van der Waals surface area contributed by atoms with Gasteiger partial charge in [0.15, 0.2) is 0 Å². The maximum absolute atomic E-state index is 11.2. The predicted molar refractivity (Wildman–Crippen MR) is 94.7 cm³/mol. The number of fused-ring (bicyclic) bond motifs is 5. The Labute approximate surface area is 144 Å². The van der Waals surface area contributed by atoms with Crippen LogP contribution in [-0.4, -0.2) is 5.97 Å². The number of rotatable bonds is 1. The molecule has 4 rings (SSSR count). The van der Waals surface area contributed by atoms with Crippen molar-refractivity contribution in [3.63, 3.8) is 0 Å². The Morgan fingerprint density at radius 1 is 1.38 bits per heavy atom. The molecule has 0 saturated heterocycles. The second-order valence-electron chi connectivity index (χ2n) is 7.82. The Bertz CT molecular complexity index is 767. The molecule has 1 saturated carbocycles. The number of aryl methyl sites for hydroxylation is 1. The lowest BCUT2D eigenvalue weighted by Gasteiger charge is -2.49. The number of terminal acetylenes is 1. The Balaban J connectivity index is 1.64. The Kier molecular flexibility index (Phi) is 3.57. The lowest BCUT2D eigenvalue weighted by atomic mass is 9.54. The first-order valence-electron chi connectivity index (χ1n) is 9.01. The second kappa shape index (κ2) is 5.52. The molecule has 0 bridgehead atoms. The zero-order valence-corrected chi connectivity index (χ0v) is 14.5. The summed E-state index contributed by atoms with van der Waals surface area (Å²) in [5.74, 6) is 5.41. The van der Waals surface area contributed by atoms with E-state index in [4.69, 9.17) is 11.2 Å². The van der Waals surface area contributed by atoms with Gasteiger partial charge in [0.05, 0.1) is 0 Å². The minimum atomic E-state index is -0.254. The first-order valence-corrected chi connectivity index (χ1v) is 9.01. The van der Waals surface area contributed by atoms with Crippen LogP contribution in [0.25, 0.3) is 0 Å². The third-order valence-electron chi connectivity index (χ3n) is 6.70. The number of hydrogen-bond acceptors (Lipinski definition) is 2. The van der Waals surface area contributed by atoms with E-state index >= 15 is 0 Å². The molecule has 0 spiro atoms. The molecule has 0 heterocycles. The van der Waals surface area contributed by atoms with Crippen molar-refractivity contribution >= 4 is 5.97 Å². The standard InChI is InChI=1S/C22H24O2/c1-4-16-6-10-21-20-8-5-15-13-17(24-14(2)23)7-9-18(15)19(20)11-12-22(16,21)3/h1,6-7,9,13,19-21H,5,8,10-12H2,2-3H3. The molecule has 3 aliphatic rings. The third kappa shape index (κ3) is 2.22. The van der Waals surface area contributed by atoms with E-state index in [1.54, 1.807) is 0 Å². The van der Waals surface area contributed by atoms with E-state index in [1.807, 2.05) is 6.07 Å². The maximum Gasteiger partial charge on any atom is 0.308 e. The molecule has 0 radical (unpaired) electrons. The van der Waals surface area contributed by atoms with Gasteiger partial charge in [-0.3, -0.25) is 4.79 Å². The Hall–Kier alpha value is -2.01. The normalized spacial score (nSPS) is 33.5. The lowest BCUT2D eigenvalue weighted by Crippen LogP contribution is -2.41. The van der Waals surface area contributed by atoms with Crippen molar-refractivity contribution < 1.29 is 9.53 Å². The highest BCUT2D eigenvalue weighted by atomic mass is 16.5. The summed E-state index contributed by atoms with van der Waals surface area (Å²) in [5, 5.41) is 0. The van der Waals surface area contributed by atoms with Gasteiger partial charge in [-0.05, 0) is 73.1 Å². The fourth-order valence-electron chi connectivity index (χ4n) is 5.58. The number of benzene rings is 1. The highest BCUT2D eigenvalue weighted by Crippen LogP contribution is 2.60. The summed E-state index contributed by atoms with van der Waals surface area (Å²) < 4.78 is 5.26. The molecular formula is C22H24O2. The molecule has 24 heavy (non-hydrogen) atoms. The van der Waals surface area contributed by atoms with Crippen molar-refractivity contribution in [2.75, 3.05) is 0 Å². The van der Waals surface area contributed by atoms with Crippen molar-refractivity contribution in [1.82, 2.24) is 0 Å². The molecule has 2 heteroatoms. The minimum Gasteiger partial charge on any atom is -0.427 e. The summed E-state index contributed by atoms with van der Waals surface area (Å²) >= 11 is 0. The number of allylic oxidation sites excluding steroid dienone is 2. The average molecular weight is 320 g/mol. The summed E-state index contributed by atoms with van der Waals surface area (Å²) in [6.45, 7) is 3.83. The third-order valence-corrected chi connectivity index (χ3v) is 6.70. The van der Waals surface area contributed by atoms with Crippen LogP contribution >= 0.6 is 0 Å². The number of ether oxygens (including phenoxy) is 1. The molecule has 124 valence electrons. The fraction of sp³-hybridized carbons (Fsp3) is 0.500. The first kappa shape index (κ1) is 15.5. The van der Waals surface area contributed by atoms with Crippen molar-refractivity contribution in [2.45, 2.75) is 51.9 Å². The highest BCUT2D eigenvalue weighted by molar-refractivity contribution is 5.69. The number of hydrogen-bond donors (Lipinski definition) is 0. The summed E-state index contributed by atoms with van der Waals surface area (Å²) in [4.78, 5) is 11.2. The van der Waals surface area contributed by atoms with Crippen LogP contribution < -0.4 is 4.74 Å². The fourth-order valence-corrected chi connectivity index (χ4v) is 5.58. The molecule has 2 nitrogen and oxygen atoms in total. The van der Waals surface area contributed by atoms with Gasteiger partial charge in [0, 0.05) is 17.9 Å². The summed E-state index contributed by atoms with van der Waals surface area (Å²) in [5.41, 5.74) is 4.28. The molecule has 1 aromatic carbocycles. The van der Waals surface area contributed by atoms with Crippen LogP contribution in [0.3, 0.4) is 0 Å². The predicted octanol–water partition coefficient (Wildman–Crippen LogP) is 4.64. The molecule has 0 N–H and O–H groups in total. The minimum absolute atomic E-state index is 0.213. The maximum atomic E-state index is 11.2. The molecular weight excluding hydrogens is 296 g/mol. The van der Waals surface area contributed by atoms with Crippen molar-refractivity contribution in [3.8, 4) is 18.1 Å². The van der Waals surface area contributed by atoms with Gasteiger partial charge < -0.3 is 4.74 Å². The van der Waals surface area contributed by atoms with Gasteiger partial charge in [0.2, 0.25) is 0 Å². The molecule has 0 aromatic heterocycles. The van der Waals surface area contributed by atoms with Gasteiger partial charge in [0.1, 0.15) is 5.75 Å². The Morgan fingerprint density at radius 3 is 2.96 bits per heavy atom. The number of carbonyl (C=O) groups excluding carboxylic acids is 1. The molecule has 4 atom stereocenters. The monoisotopic (exact) mass is 320 g/mol. The number of esters is 1. The van der Waals surface area contributed by atoms with Gasteiger partial charge in [0.25, 0.3) is 0 Å². The van der Waals surface area contributed by atoms with Gasteiger partial charge >= 0.3 is 5.97 Å². The van der Waals surface area contributed by atoms with E-state index in [0.717, 1.165) is 18.8 Å². The molecule has 0 amide bonds. The van der Waals surface area contributed by atoms with Gasteiger partial charge in [-0.25, -0.2) is 0 Å². The molecule has 0 aliphatic heterocycles. The van der Waals surface area contributed by atoms with Crippen LogP contribution in [0.5, 0.6) is 5.75 Å². The van der Waals surface area contributed by atoms with E-state index in [2.05, 4.69) is 31.1 Å². The zero-order chi connectivity index (χ0) is 16.9. The van der Waals surface area contributed by atoms with Gasteiger partial charge in [-0.1, -0.05) is 25.0 Å². The Morgan fingerprint density at radius 2 is 2.21 bits per heavy atom. The SMILES string of the molecule is C#CC1=CCC2C3CCc4cc(OC(C)=O)ccc4C3CCC12C. The van der Waals surface area contributed by atoms with E-state index in [0.29, 0.717) is 17.6 Å². The highest BCUT2D eigenvalue weighted by Gasteiger charge is 2.51. The van der Waals surface area contributed by atoms with E-state index in [-0.39, 0.29) is 11.4 Å². The largest absolute Gasteiger partial charge is 0.427 e. The summed E-state index contributed by atoms with van der Waals surface area (Å²) in [6, 6.07) is 6.22. The zero-order valence-electron chi connectivity index (χ0n) is 14.5. The second-order valence-corrected chi connectivity index (χ2v) is 7.82. The van der Waals surface area contributed by atoms with Crippen LogP contribution in [0.4, 0.5) is 0 Å². The topological polar surface area (TPSA) is 26.3 Å². The lowest BCUT2D eigenvalue weighted by molar-refractivity contribution is -0.131. The smallest absolute Gasteiger partial charge is 0.308 e. The van der Waals surface area contributed by atoms with Gasteiger partial charge in [-0.2, -0.15) is 0 Å². The van der Waals surface area contributed by atoms with Crippen molar-refractivity contribution in [3.05, 3.63) is 41.0 Å². The van der Waals surface area contributed by atoms with Crippen LogP contribution in [-0.2, 0) is 11.2 Å². The van der Waals surface area contributed by atoms with E-state index in [1.165, 1.54) is 42.9 Å². The van der Waals surface area contributed by atoms with Crippen LogP contribution in [0, 0.1) is 29.6 Å². The van der Waals surface area contributed by atoms with E-state index < -0.39 is 0 Å².